The lowest BCUT2D eigenvalue weighted by atomic mass is 10.2. The van der Waals surface area contributed by atoms with Gasteiger partial charge in [-0.3, -0.25) is 9.59 Å². The molecular weight excluding hydrogens is 307 g/mol. The van der Waals surface area contributed by atoms with Gasteiger partial charge in [0.05, 0.1) is 16.3 Å². The maximum Gasteiger partial charge on any atom is 0.252 e. The molecule has 0 fully saturated rings. The summed E-state index contributed by atoms with van der Waals surface area (Å²) in [4.78, 5) is 23.6. The fraction of sp³-hybridized carbons (Fsp3) is 0.125. The lowest BCUT2D eigenvalue weighted by Gasteiger charge is -2.08. The monoisotopic (exact) mass is 320 g/mol. The van der Waals surface area contributed by atoms with E-state index in [4.69, 9.17) is 11.6 Å². The zero-order chi connectivity index (χ0) is 15.9. The summed E-state index contributed by atoms with van der Waals surface area (Å²) < 4.78 is 13.4. The second kappa shape index (κ2) is 7.56. The topological polar surface area (TPSA) is 58.2 Å². The van der Waals surface area contributed by atoms with Crippen LogP contribution in [-0.2, 0) is 4.79 Å². The Balaban J connectivity index is 1.81. The maximum atomic E-state index is 13.4. The summed E-state index contributed by atoms with van der Waals surface area (Å²) in [7, 11) is 0. The van der Waals surface area contributed by atoms with Crippen LogP contribution in [0.1, 0.15) is 16.8 Å². The Morgan fingerprint density at radius 3 is 2.45 bits per heavy atom. The number of benzene rings is 2. The Morgan fingerprint density at radius 2 is 1.73 bits per heavy atom. The number of hydrogen-bond donors (Lipinski definition) is 2. The number of anilines is 1. The molecule has 0 radical (unpaired) electrons. The van der Waals surface area contributed by atoms with E-state index in [1.807, 2.05) is 0 Å². The van der Waals surface area contributed by atoms with Crippen molar-refractivity contribution in [1.82, 2.24) is 5.32 Å². The van der Waals surface area contributed by atoms with Gasteiger partial charge in [0.1, 0.15) is 5.82 Å². The first-order valence-corrected chi connectivity index (χ1v) is 7.03. The van der Waals surface area contributed by atoms with Gasteiger partial charge < -0.3 is 10.6 Å². The number of carbonyl (C=O) groups excluding carboxylic acids is 2. The van der Waals surface area contributed by atoms with E-state index in [1.54, 1.807) is 30.3 Å². The molecule has 4 nitrogen and oxygen atoms in total. The average molecular weight is 321 g/mol. The van der Waals surface area contributed by atoms with E-state index in [0.29, 0.717) is 10.6 Å². The van der Waals surface area contributed by atoms with E-state index < -0.39 is 5.82 Å². The number of halogens is 2. The summed E-state index contributed by atoms with van der Waals surface area (Å²) in [6, 6.07) is 12.5. The fourth-order valence-electron chi connectivity index (χ4n) is 1.81. The summed E-state index contributed by atoms with van der Waals surface area (Å²) in [6.07, 6.45) is 0.0323. The Hall–Kier alpha value is -2.40. The van der Waals surface area contributed by atoms with Crippen molar-refractivity contribution in [1.29, 1.82) is 0 Å². The van der Waals surface area contributed by atoms with Crippen LogP contribution in [0.2, 0.25) is 5.02 Å². The van der Waals surface area contributed by atoms with Crippen molar-refractivity contribution in [3.63, 3.8) is 0 Å². The number of para-hydroxylation sites is 1. The molecule has 2 rings (SSSR count). The van der Waals surface area contributed by atoms with E-state index in [-0.39, 0.29) is 30.5 Å². The van der Waals surface area contributed by atoms with E-state index in [1.165, 1.54) is 18.2 Å². The molecular formula is C16H14ClFN2O2. The number of carbonyl (C=O) groups is 2. The molecule has 114 valence electrons. The van der Waals surface area contributed by atoms with Gasteiger partial charge in [-0.2, -0.15) is 0 Å². The third-order valence-electron chi connectivity index (χ3n) is 2.90. The van der Waals surface area contributed by atoms with E-state index in [0.717, 1.165) is 0 Å². The Kier molecular flexibility index (Phi) is 5.49. The number of nitrogens with one attached hydrogen (secondary N) is 2. The molecule has 2 aromatic carbocycles. The second-order valence-corrected chi connectivity index (χ2v) is 4.92. The van der Waals surface area contributed by atoms with Gasteiger partial charge in [0.2, 0.25) is 5.91 Å². The molecule has 0 atom stereocenters. The summed E-state index contributed by atoms with van der Waals surface area (Å²) in [6.45, 7) is 0.129. The molecule has 0 saturated heterocycles. The first-order valence-electron chi connectivity index (χ1n) is 6.65. The van der Waals surface area contributed by atoms with Gasteiger partial charge in [0.15, 0.2) is 0 Å². The van der Waals surface area contributed by atoms with Crippen LogP contribution >= 0.6 is 11.6 Å². The molecule has 0 aliphatic heterocycles. The molecule has 0 heterocycles. The van der Waals surface area contributed by atoms with Crippen molar-refractivity contribution in [2.75, 3.05) is 11.9 Å². The van der Waals surface area contributed by atoms with Crippen molar-refractivity contribution in [2.24, 2.45) is 0 Å². The van der Waals surface area contributed by atoms with Crippen LogP contribution in [0.15, 0.2) is 48.5 Å². The Morgan fingerprint density at radius 1 is 1.05 bits per heavy atom. The quantitative estimate of drug-likeness (QED) is 0.888. The highest BCUT2D eigenvalue weighted by Gasteiger charge is 2.10. The molecule has 6 heteroatoms. The number of rotatable bonds is 5. The molecule has 2 amide bonds. The smallest absolute Gasteiger partial charge is 0.252 e. The van der Waals surface area contributed by atoms with Crippen molar-refractivity contribution in [3.8, 4) is 0 Å². The van der Waals surface area contributed by atoms with E-state index in [9.17, 15) is 14.0 Å². The molecule has 0 saturated carbocycles. The highest BCUT2D eigenvalue weighted by atomic mass is 35.5. The molecule has 0 aromatic heterocycles. The number of hydrogen-bond acceptors (Lipinski definition) is 2. The zero-order valence-electron chi connectivity index (χ0n) is 11.6. The minimum atomic E-state index is -0.504. The summed E-state index contributed by atoms with van der Waals surface area (Å²) in [5.74, 6) is -1.25. The molecule has 0 aliphatic rings. The molecule has 22 heavy (non-hydrogen) atoms. The van der Waals surface area contributed by atoms with Crippen molar-refractivity contribution < 1.29 is 14.0 Å². The molecule has 0 bridgehead atoms. The minimum Gasteiger partial charge on any atom is -0.351 e. The molecule has 0 aliphatic carbocycles. The van der Waals surface area contributed by atoms with Crippen LogP contribution in [0.25, 0.3) is 0 Å². The van der Waals surface area contributed by atoms with Crippen LogP contribution < -0.4 is 10.6 Å². The fourth-order valence-corrected chi connectivity index (χ4v) is 2.03. The van der Waals surface area contributed by atoms with Crippen LogP contribution in [0.3, 0.4) is 0 Å². The predicted molar refractivity (Wildman–Crippen MR) is 83.4 cm³/mol. The first kappa shape index (κ1) is 16.0. The predicted octanol–water partition coefficient (Wildman–Crippen LogP) is 3.24. The third kappa shape index (κ3) is 4.30. The summed E-state index contributed by atoms with van der Waals surface area (Å²) in [5.41, 5.74) is 0.462. The van der Waals surface area contributed by atoms with Crippen molar-refractivity contribution >= 4 is 29.1 Å². The van der Waals surface area contributed by atoms with Gasteiger partial charge in [0, 0.05) is 13.0 Å². The van der Waals surface area contributed by atoms with Gasteiger partial charge in [-0.1, -0.05) is 35.9 Å². The second-order valence-electron chi connectivity index (χ2n) is 4.51. The van der Waals surface area contributed by atoms with E-state index >= 15 is 0 Å². The van der Waals surface area contributed by atoms with Crippen molar-refractivity contribution in [2.45, 2.75) is 6.42 Å². The lowest BCUT2D eigenvalue weighted by Crippen LogP contribution is -2.28. The van der Waals surface area contributed by atoms with Gasteiger partial charge in [-0.25, -0.2) is 4.39 Å². The largest absolute Gasteiger partial charge is 0.351 e. The first-order chi connectivity index (χ1) is 10.6. The molecule has 2 aromatic rings. The SMILES string of the molecule is O=C(CCNC(=O)c1ccccc1Cl)Nc1ccccc1F. The average Bonchev–Trinajstić information content (AvgIpc) is 2.50. The Bertz CT molecular complexity index is 691. The standard InChI is InChI=1S/C16H14ClFN2O2/c17-12-6-2-1-5-11(12)16(22)19-10-9-15(21)20-14-8-4-3-7-13(14)18/h1-8H,9-10H2,(H,19,22)(H,20,21). The maximum absolute atomic E-state index is 13.4. The van der Waals surface area contributed by atoms with Gasteiger partial charge in [-0.05, 0) is 24.3 Å². The molecule has 2 N–H and O–H groups in total. The zero-order valence-corrected chi connectivity index (χ0v) is 12.4. The van der Waals surface area contributed by atoms with Gasteiger partial charge >= 0.3 is 0 Å². The van der Waals surface area contributed by atoms with Crippen LogP contribution in [0.4, 0.5) is 10.1 Å². The Labute approximate surface area is 132 Å². The normalized spacial score (nSPS) is 10.1. The van der Waals surface area contributed by atoms with Crippen LogP contribution in [0, 0.1) is 5.82 Å². The van der Waals surface area contributed by atoms with Crippen LogP contribution in [0.5, 0.6) is 0 Å². The lowest BCUT2D eigenvalue weighted by molar-refractivity contribution is -0.116. The van der Waals surface area contributed by atoms with Gasteiger partial charge in [-0.15, -0.1) is 0 Å². The van der Waals surface area contributed by atoms with Crippen molar-refractivity contribution in [3.05, 3.63) is 64.9 Å². The summed E-state index contributed by atoms with van der Waals surface area (Å²) in [5, 5.41) is 5.38. The molecule has 0 spiro atoms. The van der Waals surface area contributed by atoms with Gasteiger partial charge in [0.25, 0.3) is 5.91 Å². The third-order valence-corrected chi connectivity index (χ3v) is 3.23. The highest BCUT2D eigenvalue weighted by Crippen LogP contribution is 2.14. The van der Waals surface area contributed by atoms with E-state index in [2.05, 4.69) is 10.6 Å². The molecule has 0 unspecified atom stereocenters. The highest BCUT2D eigenvalue weighted by molar-refractivity contribution is 6.33. The summed E-state index contributed by atoms with van der Waals surface area (Å²) >= 11 is 5.90. The number of amides is 2. The van der Waals surface area contributed by atoms with Crippen LogP contribution in [-0.4, -0.2) is 18.4 Å². The minimum absolute atomic E-state index is 0.0323.